The summed E-state index contributed by atoms with van der Waals surface area (Å²) < 4.78 is 7.69. The van der Waals surface area contributed by atoms with Crippen LogP contribution < -0.4 is 5.73 Å². The maximum atomic E-state index is 12.6. The number of hydrogen-bond donors (Lipinski definition) is 1. The number of carbonyl (C=O) groups is 1. The van der Waals surface area contributed by atoms with Crippen LogP contribution in [0.5, 0.6) is 0 Å². The Morgan fingerprint density at radius 2 is 1.96 bits per heavy atom. The minimum absolute atomic E-state index is 0.0281. The summed E-state index contributed by atoms with van der Waals surface area (Å²) in [6, 6.07) is 9.63. The molecule has 2 heterocycles. The molecule has 0 bridgehead atoms. The monoisotopic (exact) mass is 342 g/mol. The Morgan fingerprint density at radius 1 is 1.28 bits per heavy atom. The van der Waals surface area contributed by atoms with Gasteiger partial charge in [-0.05, 0) is 19.4 Å². The summed E-state index contributed by atoms with van der Waals surface area (Å²) in [5, 5.41) is 0. The van der Waals surface area contributed by atoms with Gasteiger partial charge in [-0.25, -0.2) is 4.98 Å². The third kappa shape index (κ3) is 4.67. The zero-order valence-corrected chi connectivity index (χ0v) is 14.8. The highest BCUT2D eigenvalue weighted by atomic mass is 16.5. The highest BCUT2D eigenvalue weighted by Crippen LogP contribution is 2.13. The van der Waals surface area contributed by atoms with Crippen molar-refractivity contribution in [1.82, 2.24) is 14.5 Å². The predicted octanol–water partition coefficient (Wildman–Crippen LogP) is 1.44. The van der Waals surface area contributed by atoms with E-state index in [1.807, 2.05) is 47.7 Å². The van der Waals surface area contributed by atoms with E-state index in [0.29, 0.717) is 19.5 Å². The summed E-state index contributed by atoms with van der Waals surface area (Å²) in [5.41, 5.74) is 8.20. The van der Waals surface area contributed by atoms with Crippen LogP contribution in [0, 0.1) is 0 Å². The molecule has 1 aromatic heterocycles. The quantitative estimate of drug-likeness (QED) is 0.892. The maximum absolute atomic E-state index is 12.6. The van der Waals surface area contributed by atoms with Crippen molar-refractivity contribution in [3.8, 4) is 0 Å². The van der Waals surface area contributed by atoms with Gasteiger partial charge in [0.25, 0.3) is 0 Å². The molecule has 1 saturated heterocycles. The van der Waals surface area contributed by atoms with Gasteiger partial charge < -0.3 is 19.9 Å². The van der Waals surface area contributed by atoms with Gasteiger partial charge in [-0.1, -0.05) is 30.3 Å². The topological polar surface area (TPSA) is 73.4 Å². The van der Waals surface area contributed by atoms with Crippen LogP contribution in [0.1, 0.15) is 25.1 Å². The smallest absolute Gasteiger partial charge is 0.240 e. The van der Waals surface area contributed by atoms with Gasteiger partial charge in [0.1, 0.15) is 0 Å². The lowest BCUT2D eigenvalue weighted by Crippen LogP contribution is -2.53. The summed E-state index contributed by atoms with van der Waals surface area (Å²) in [6.07, 6.45) is 4.29. The molecule has 2 aromatic rings. The van der Waals surface area contributed by atoms with Gasteiger partial charge in [0.15, 0.2) is 0 Å². The van der Waals surface area contributed by atoms with Gasteiger partial charge in [0.2, 0.25) is 5.91 Å². The van der Waals surface area contributed by atoms with E-state index >= 15 is 0 Å². The Hall–Kier alpha value is -2.18. The second kappa shape index (κ2) is 7.80. The molecular formula is C19H26N4O2. The molecule has 134 valence electrons. The first-order valence-electron chi connectivity index (χ1n) is 8.75. The summed E-state index contributed by atoms with van der Waals surface area (Å²) in [6.45, 7) is 5.91. The molecule has 1 amide bonds. The number of carbonyl (C=O) groups excluding carboxylic acids is 1. The SMILES string of the molecule is C[C@@H]1CN(C(=O)[C@@H](N)Cc2cn(Cc3ccccc3)cn2)C[C@H](C)O1. The second-order valence-electron chi connectivity index (χ2n) is 6.83. The Labute approximate surface area is 148 Å². The zero-order valence-electron chi connectivity index (χ0n) is 14.8. The van der Waals surface area contributed by atoms with Crippen LogP contribution in [-0.4, -0.2) is 51.7 Å². The number of ether oxygens (including phenoxy) is 1. The average Bonchev–Trinajstić information content (AvgIpc) is 3.01. The molecule has 6 nitrogen and oxygen atoms in total. The summed E-state index contributed by atoms with van der Waals surface area (Å²) >= 11 is 0. The van der Waals surface area contributed by atoms with Crippen molar-refractivity contribution in [2.75, 3.05) is 13.1 Å². The van der Waals surface area contributed by atoms with Crippen LogP contribution in [0.3, 0.4) is 0 Å². The van der Waals surface area contributed by atoms with Gasteiger partial charge in [-0.15, -0.1) is 0 Å². The number of hydrogen-bond acceptors (Lipinski definition) is 4. The normalized spacial score (nSPS) is 22.0. The molecular weight excluding hydrogens is 316 g/mol. The van der Waals surface area contributed by atoms with Crippen molar-refractivity contribution >= 4 is 5.91 Å². The molecule has 1 aromatic carbocycles. The number of benzene rings is 1. The van der Waals surface area contributed by atoms with E-state index in [-0.39, 0.29) is 18.1 Å². The Morgan fingerprint density at radius 3 is 2.64 bits per heavy atom. The minimum atomic E-state index is -0.572. The molecule has 1 fully saturated rings. The molecule has 1 aliphatic heterocycles. The standard InChI is InChI=1S/C19H26N4O2/c1-14-9-23(10-15(2)25-14)19(24)18(20)8-17-12-22(13-21-17)11-16-6-4-3-5-7-16/h3-7,12-15,18H,8-11,20H2,1-2H3/t14-,15+,18-/m0/s1. The first-order chi connectivity index (χ1) is 12.0. The lowest BCUT2D eigenvalue weighted by molar-refractivity contribution is -0.144. The molecule has 0 radical (unpaired) electrons. The molecule has 0 saturated carbocycles. The van der Waals surface area contributed by atoms with Crippen molar-refractivity contribution in [3.05, 3.63) is 54.1 Å². The molecule has 2 N–H and O–H groups in total. The molecule has 1 aliphatic rings. The number of morpholine rings is 1. The van der Waals surface area contributed by atoms with Crippen LogP contribution in [0.4, 0.5) is 0 Å². The third-order valence-electron chi connectivity index (χ3n) is 4.37. The Bertz CT molecular complexity index is 690. The lowest BCUT2D eigenvalue weighted by atomic mass is 10.1. The zero-order chi connectivity index (χ0) is 17.8. The number of aromatic nitrogens is 2. The number of amides is 1. The van der Waals surface area contributed by atoms with E-state index in [4.69, 9.17) is 10.5 Å². The van der Waals surface area contributed by atoms with Crippen LogP contribution in [0.25, 0.3) is 0 Å². The summed E-state index contributed by atoms with van der Waals surface area (Å²) in [5.74, 6) is -0.0281. The fourth-order valence-corrected chi connectivity index (χ4v) is 3.30. The van der Waals surface area contributed by atoms with Gasteiger partial charge in [0.05, 0.1) is 30.3 Å². The summed E-state index contributed by atoms with van der Waals surface area (Å²) in [7, 11) is 0. The van der Waals surface area contributed by atoms with E-state index < -0.39 is 6.04 Å². The van der Waals surface area contributed by atoms with Gasteiger partial charge >= 0.3 is 0 Å². The number of imidazole rings is 1. The Balaban J connectivity index is 1.57. The number of rotatable bonds is 5. The highest BCUT2D eigenvalue weighted by molar-refractivity contribution is 5.82. The lowest BCUT2D eigenvalue weighted by Gasteiger charge is -2.36. The molecule has 6 heteroatoms. The van der Waals surface area contributed by atoms with Crippen molar-refractivity contribution in [1.29, 1.82) is 0 Å². The number of nitrogens with two attached hydrogens (primary N) is 1. The first kappa shape index (κ1) is 17.6. The van der Waals surface area contributed by atoms with Gasteiger partial charge in [-0.3, -0.25) is 4.79 Å². The predicted molar refractivity (Wildman–Crippen MR) is 96.0 cm³/mol. The van der Waals surface area contributed by atoms with Crippen LogP contribution in [0.2, 0.25) is 0 Å². The molecule has 3 rings (SSSR count). The van der Waals surface area contributed by atoms with Crippen molar-refractivity contribution in [2.24, 2.45) is 5.73 Å². The van der Waals surface area contributed by atoms with Gasteiger partial charge in [-0.2, -0.15) is 0 Å². The maximum Gasteiger partial charge on any atom is 0.240 e. The van der Waals surface area contributed by atoms with Gasteiger partial charge in [0, 0.05) is 32.3 Å². The van der Waals surface area contributed by atoms with Crippen molar-refractivity contribution in [3.63, 3.8) is 0 Å². The van der Waals surface area contributed by atoms with Crippen molar-refractivity contribution < 1.29 is 9.53 Å². The summed E-state index contributed by atoms with van der Waals surface area (Å²) in [4.78, 5) is 18.8. The third-order valence-corrected chi connectivity index (χ3v) is 4.37. The molecule has 3 atom stereocenters. The second-order valence-corrected chi connectivity index (χ2v) is 6.83. The van der Waals surface area contributed by atoms with E-state index in [1.54, 1.807) is 6.33 Å². The first-order valence-corrected chi connectivity index (χ1v) is 8.75. The van der Waals surface area contributed by atoms with E-state index in [1.165, 1.54) is 5.56 Å². The van der Waals surface area contributed by atoms with E-state index in [2.05, 4.69) is 17.1 Å². The fraction of sp³-hybridized carbons (Fsp3) is 0.474. The molecule has 0 aliphatic carbocycles. The van der Waals surface area contributed by atoms with Crippen molar-refractivity contribution in [2.45, 2.75) is 45.1 Å². The fourth-order valence-electron chi connectivity index (χ4n) is 3.30. The Kier molecular flexibility index (Phi) is 5.50. The van der Waals surface area contributed by atoms with Crippen LogP contribution in [0.15, 0.2) is 42.9 Å². The highest BCUT2D eigenvalue weighted by Gasteiger charge is 2.29. The van der Waals surface area contributed by atoms with E-state index in [9.17, 15) is 4.79 Å². The molecule has 0 unspecified atom stereocenters. The average molecular weight is 342 g/mol. The molecule has 0 spiro atoms. The largest absolute Gasteiger partial charge is 0.372 e. The number of nitrogens with zero attached hydrogens (tertiary/aromatic N) is 3. The van der Waals surface area contributed by atoms with Crippen LogP contribution in [-0.2, 0) is 22.5 Å². The van der Waals surface area contributed by atoms with Crippen LogP contribution >= 0.6 is 0 Å². The molecule has 25 heavy (non-hydrogen) atoms. The van der Waals surface area contributed by atoms with E-state index in [0.717, 1.165) is 12.2 Å². The minimum Gasteiger partial charge on any atom is -0.372 e.